The van der Waals surface area contributed by atoms with E-state index in [9.17, 15) is 0 Å². The van der Waals surface area contributed by atoms with Gasteiger partial charge in [-0.25, -0.2) is 0 Å². The van der Waals surface area contributed by atoms with Crippen LogP contribution in [0.5, 0.6) is 0 Å². The smallest absolute Gasteiger partial charge is 2.00 e. The fourth-order valence-corrected chi connectivity index (χ4v) is 0. The quantitative estimate of drug-likeness (QED) is 0.440. The van der Waals surface area contributed by atoms with Gasteiger partial charge in [-0.2, -0.15) is 0 Å². The van der Waals surface area contributed by atoms with E-state index in [0.717, 1.165) is 0 Å². The minimum absolute atomic E-state index is 0. The summed E-state index contributed by atoms with van der Waals surface area (Å²) in [7, 11) is 0. The molecular formula is HCrO4Ti. The van der Waals surface area contributed by atoms with Crippen molar-refractivity contribution >= 4 is 0 Å². The van der Waals surface area contributed by atoms with Crippen LogP contribution >= 0.6 is 0 Å². The van der Waals surface area contributed by atoms with Crippen LogP contribution < -0.4 is 0 Å². The molecule has 35 valence electrons. The molecule has 0 saturated heterocycles. The van der Waals surface area contributed by atoms with Crippen molar-refractivity contribution in [3.05, 3.63) is 0 Å². The predicted molar refractivity (Wildman–Crippen MR) is 4.00 cm³/mol. The van der Waals surface area contributed by atoms with Crippen LogP contribution in [-0.4, -0.2) is 5.48 Å². The third-order valence-electron chi connectivity index (χ3n) is 0. The van der Waals surface area contributed by atoms with Gasteiger partial charge in [0, 0.05) is 0 Å². The first-order valence-corrected chi connectivity index (χ1v) is 0. The standard InChI is InChI=1S/Cr.H2O.3O.Ti/h;1H2;;;;/q+3;;3*-2;+4/p-1. The van der Waals surface area contributed by atoms with E-state index in [2.05, 4.69) is 0 Å². The Kier molecular flexibility index (Phi) is 4940. The van der Waals surface area contributed by atoms with E-state index in [1.54, 1.807) is 0 Å². The molecule has 0 aliphatic carbocycles. The van der Waals surface area contributed by atoms with E-state index in [4.69, 9.17) is 0 Å². The van der Waals surface area contributed by atoms with Crippen molar-refractivity contribution < 1.29 is 61.0 Å². The van der Waals surface area contributed by atoms with E-state index >= 15 is 0 Å². The fraction of sp³-hybridized carbons (Fsp3) is 0. The minimum Gasteiger partial charge on any atom is -2.00 e. The van der Waals surface area contributed by atoms with Gasteiger partial charge in [0.25, 0.3) is 0 Å². The molecule has 0 aromatic carbocycles. The van der Waals surface area contributed by atoms with E-state index in [0.29, 0.717) is 0 Å². The average molecular weight is 165 g/mol. The molecule has 0 spiro atoms. The van der Waals surface area contributed by atoms with Crippen LogP contribution in [0.3, 0.4) is 0 Å². The number of rotatable bonds is 0. The first-order valence-electron chi connectivity index (χ1n) is 0. The first kappa shape index (κ1) is 222. The largest absolute Gasteiger partial charge is 4.00 e. The summed E-state index contributed by atoms with van der Waals surface area (Å²) in [5.74, 6) is 0. The molecule has 6 heteroatoms. The molecule has 1 radical (unpaired) electrons. The second-order valence-corrected chi connectivity index (χ2v) is 0. The summed E-state index contributed by atoms with van der Waals surface area (Å²) in [5.41, 5.74) is 0. The van der Waals surface area contributed by atoms with Gasteiger partial charge in [-0.05, 0) is 0 Å². The summed E-state index contributed by atoms with van der Waals surface area (Å²) in [4.78, 5) is 0. The molecule has 0 aromatic rings. The van der Waals surface area contributed by atoms with Crippen LogP contribution in [0, 0.1) is 0 Å². The van der Waals surface area contributed by atoms with Crippen molar-refractivity contribution in [2.75, 3.05) is 0 Å². The number of hydrogen-bond acceptors (Lipinski definition) is 1. The SMILES string of the molecule is [Cr+3].[O-2].[O-2].[O-2].[OH-].[Ti+4]. The zero-order valence-electron chi connectivity index (χ0n) is 2.58. The van der Waals surface area contributed by atoms with Gasteiger partial charge >= 0.3 is 39.1 Å². The van der Waals surface area contributed by atoms with Gasteiger partial charge in [0.1, 0.15) is 0 Å². The van der Waals surface area contributed by atoms with Gasteiger partial charge in [0.2, 0.25) is 0 Å². The summed E-state index contributed by atoms with van der Waals surface area (Å²) < 4.78 is 0. The van der Waals surface area contributed by atoms with Crippen LogP contribution in [0.15, 0.2) is 0 Å². The Hall–Kier alpha value is 1.09. The molecule has 6 heavy (non-hydrogen) atoms. The predicted octanol–water partition coefficient (Wildman–Crippen LogP) is -0.538. The van der Waals surface area contributed by atoms with Crippen LogP contribution in [0.1, 0.15) is 0 Å². The second kappa shape index (κ2) is 133. The third-order valence-corrected chi connectivity index (χ3v) is 0. The van der Waals surface area contributed by atoms with Crippen LogP contribution in [0.2, 0.25) is 0 Å². The molecule has 0 aliphatic rings. The zero-order valence-corrected chi connectivity index (χ0v) is 5.42. The van der Waals surface area contributed by atoms with Gasteiger partial charge in [-0.15, -0.1) is 0 Å². The molecule has 0 atom stereocenters. The molecule has 0 saturated carbocycles. The van der Waals surface area contributed by atoms with Gasteiger partial charge < -0.3 is 21.9 Å². The summed E-state index contributed by atoms with van der Waals surface area (Å²) in [5, 5.41) is 0. The van der Waals surface area contributed by atoms with Gasteiger partial charge in [-0.1, -0.05) is 0 Å². The first-order chi connectivity index (χ1) is 0. The summed E-state index contributed by atoms with van der Waals surface area (Å²) in [6.45, 7) is 0. The molecule has 0 heterocycles. The van der Waals surface area contributed by atoms with Gasteiger partial charge in [0.05, 0.1) is 0 Å². The summed E-state index contributed by atoms with van der Waals surface area (Å²) in [6.07, 6.45) is 0. The van der Waals surface area contributed by atoms with Crippen LogP contribution in [0.4, 0.5) is 0 Å². The molecule has 1 N–H and O–H groups in total. The Balaban J connectivity index is 0. The van der Waals surface area contributed by atoms with E-state index in [-0.39, 0.29) is 61.0 Å². The second-order valence-electron chi connectivity index (χ2n) is 0. The van der Waals surface area contributed by atoms with Crippen molar-refractivity contribution in [3.8, 4) is 0 Å². The van der Waals surface area contributed by atoms with Gasteiger partial charge in [-0.3, -0.25) is 0 Å². The molecular weight excluding hydrogens is 164 g/mol. The Morgan fingerprint density at radius 1 is 0.667 bits per heavy atom. The summed E-state index contributed by atoms with van der Waals surface area (Å²) >= 11 is 0. The molecule has 0 aliphatic heterocycles. The molecule has 0 aromatic heterocycles. The molecule has 0 fully saturated rings. The molecule has 4 nitrogen and oxygen atoms in total. The molecule has 0 rings (SSSR count). The topological polar surface area (TPSA) is 116 Å². The van der Waals surface area contributed by atoms with Crippen molar-refractivity contribution in [1.29, 1.82) is 0 Å². The maximum Gasteiger partial charge on any atom is 4.00 e. The molecule has 0 amide bonds. The Morgan fingerprint density at radius 3 is 0.667 bits per heavy atom. The maximum absolute atomic E-state index is 0. The normalized spacial score (nSPS) is 0. The van der Waals surface area contributed by atoms with E-state index in [1.165, 1.54) is 0 Å². The van der Waals surface area contributed by atoms with Crippen molar-refractivity contribution in [3.63, 3.8) is 0 Å². The van der Waals surface area contributed by atoms with E-state index in [1.807, 2.05) is 0 Å². The minimum atomic E-state index is 0. The third kappa shape index (κ3) is 71.9. The Morgan fingerprint density at radius 2 is 0.667 bits per heavy atom. The van der Waals surface area contributed by atoms with Crippen LogP contribution in [-0.2, 0) is 55.5 Å². The van der Waals surface area contributed by atoms with Gasteiger partial charge in [0.15, 0.2) is 0 Å². The van der Waals surface area contributed by atoms with Crippen molar-refractivity contribution in [2.24, 2.45) is 0 Å². The maximum atomic E-state index is 0. The average Bonchev–Trinajstić information content (AvgIpc) is 0. The molecule has 0 unspecified atom stereocenters. The fourth-order valence-electron chi connectivity index (χ4n) is 0. The van der Waals surface area contributed by atoms with Crippen molar-refractivity contribution in [1.82, 2.24) is 0 Å². The van der Waals surface area contributed by atoms with E-state index < -0.39 is 0 Å². The Bertz CT molecular complexity index is 7.51. The number of hydrogen-bond donors (Lipinski definition) is 0. The molecule has 0 bridgehead atoms. The Labute approximate surface area is 61.2 Å². The summed E-state index contributed by atoms with van der Waals surface area (Å²) in [6, 6.07) is 0. The zero-order chi connectivity index (χ0) is 0. The monoisotopic (exact) mass is 165 g/mol. The van der Waals surface area contributed by atoms with Crippen molar-refractivity contribution in [2.45, 2.75) is 0 Å². The van der Waals surface area contributed by atoms with Crippen LogP contribution in [0.25, 0.3) is 0 Å².